The topological polar surface area (TPSA) is 41.6 Å². The van der Waals surface area contributed by atoms with Crippen molar-refractivity contribution in [2.24, 2.45) is 5.92 Å². The van der Waals surface area contributed by atoms with Gasteiger partial charge in [-0.15, -0.1) is 12.4 Å². The van der Waals surface area contributed by atoms with Gasteiger partial charge in [-0.05, 0) is 18.8 Å². The fourth-order valence-electron chi connectivity index (χ4n) is 2.19. The molecule has 102 valence electrons. The molecule has 1 amide bonds. The molecular formula is C12H25ClN2O2. The Kier molecular flexibility index (Phi) is 9.50. The van der Waals surface area contributed by atoms with Gasteiger partial charge in [0.2, 0.25) is 5.91 Å². The molecule has 0 radical (unpaired) electrons. The fraction of sp³-hybridized carbons (Fsp3) is 0.917. The molecule has 0 aromatic carbocycles. The highest BCUT2D eigenvalue weighted by molar-refractivity contribution is 5.85. The first-order chi connectivity index (χ1) is 7.74. The van der Waals surface area contributed by atoms with E-state index in [1.54, 1.807) is 7.11 Å². The van der Waals surface area contributed by atoms with E-state index in [1.807, 2.05) is 11.9 Å². The largest absolute Gasteiger partial charge is 0.383 e. The normalized spacial score (nSPS) is 15.6. The summed E-state index contributed by atoms with van der Waals surface area (Å²) in [5.74, 6) is 0.913. The van der Waals surface area contributed by atoms with Crippen molar-refractivity contribution in [3.63, 3.8) is 0 Å². The lowest BCUT2D eigenvalue weighted by atomic mass is 10.1. The summed E-state index contributed by atoms with van der Waals surface area (Å²) >= 11 is 0. The molecule has 0 aliphatic heterocycles. The molecule has 1 fully saturated rings. The lowest BCUT2D eigenvalue weighted by Gasteiger charge is -2.21. The van der Waals surface area contributed by atoms with E-state index < -0.39 is 0 Å². The van der Waals surface area contributed by atoms with Crippen molar-refractivity contribution < 1.29 is 9.53 Å². The summed E-state index contributed by atoms with van der Waals surface area (Å²) in [5.41, 5.74) is 0. The Labute approximate surface area is 110 Å². The summed E-state index contributed by atoms with van der Waals surface area (Å²) in [7, 11) is 3.56. The number of halogens is 1. The van der Waals surface area contributed by atoms with Crippen molar-refractivity contribution in [1.29, 1.82) is 0 Å². The van der Waals surface area contributed by atoms with E-state index in [1.165, 1.54) is 25.7 Å². The Morgan fingerprint density at radius 1 is 1.41 bits per heavy atom. The minimum Gasteiger partial charge on any atom is -0.383 e. The zero-order valence-electron chi connectivity index (χ0n) is 10.9. The number of carbonyl (C=O) groups excluding carboxylic acids is 1. The summed E-state index contributed by atoms with van der Waals surface area (Å²) in [6.07, 6.45) is 5.24. The van der Waals surface area contributed by atoms with Crippen LogP contribution in [0.2, 0.25) is 0 Å². The molecule has 0 atom stereocenters. The molecule has 1 rings (SSSR count). The SMILES string of the molecule is COCCNCC(=O)N(C)CC1CCCC1.Cl. The number of methoxy groups -OCH3 is 1. The van der Waals surface area contributed by atoms with Crippen LogP contribution in [0, 0.1) is 5.92 Å². The number of hydrogen-bond donors (Lipinski definition) is 1. The Morgan fingerprint density at radius 3 is 2.65 bits per heavy atom. The zero-order chi connectivity index (χ0) is 11.8. The van der Waals surface area contributed by atoms with Crippen LogP contribution in [0.15, 0.2) is 0 Å². The first-order valence-electron chi connectivity index (χ1n) is 6.17. The molecule has 5 heteroatoms. The van der Waals surface area contributed by atoms with Crippen LogP contribution >= 0.6 is 12.4 Å². The van der Waals surface area contributed by atoms with Gasteiger partial charge in [-0.2, -0.15) is 0 Å². The van der Waals surface area contributed by atoms with E-state index in [0.717, 1.165) is 19.0 Å². The molecule has 1 aliphatic rings. The van der Waals surface area contributed by atoms with Gasteiger partial charge in [0.05, 0.1) is 13.2 Å². The van der Waals surface area contributed by atoms with Gasteiger partial charge < -0.3 is 15.0 Å². The third kappa shape index (κ3) is 6.86. The van der Waals surface area contributed by atoms with Crippen LogP contribution in [0.4, 0.5) is 0 Å². The van der Waals surface area contributed by atoms with Gasteiger partial charge in [-0.3, -0.25) is 4.79 Å². The third-order valence-electron chi connectivity index (χ3n) is 3.19. The van der Waals surface area contributed by atoms with E-state index in [-0.39, 0.29) is 18.3 Å². The quantitative estimate of drug-likeness (QED) is 0.705. The summed E-state index contributed by atoms with van der Waals surface area (Å²) in [6.45, 7) is 2.73. The summed E-state index contributed by atoms with van der Waals surface area (Å²) in [6, 6.07) is 0. The minimum atomic E-state index is 0. The van der Waals surface area contributed by atoms with E-state index in [2.05, 4.69) is 5.32 Å². The van der Waals surface area contributed by atoms with E-state index in [9.17, 15) is 4.79 Å². The second-order valence-corrected chi connectivity index (χ2v) is 4.59. The molecule has 4 nitrogen and oxygen atoms in total. The van der Waals surface area contributed by atoms with Gasteiger partial charge in [-0.25, -0.2) is 0 Å². The molecule has 1 N–H and O–H groups in total. The first-order valence-corrected chi connectivity index (χ1v) is 6.17. The molecule has 0 spiro atoms. The molecule has 0 aromatic heterocycles. The maximum atomic E-state index is 11.7. The Bertz CT molecular complexity index is 209. The van der Waals surface area contributed by atoms with Crippen LogP contribution in [-0.2, 0) is 9.53 Å². The van der Waals surface area contributed by atoms with Gasteiger partial charge >= 0.3 is 0 Å². The Hall–Kier alpha value is -0.320. The predicted molar refractivity (Wildman–Crippen MR) is 71.6 cm³/mol. The zero-order valence-corrected chi connectivity index (χ0v) is 11.7. The van der Waals surface area contributed by atoms with E-state index in [0.29, 0.717) is 13.2 Å². The predicted octanol–water partition coefficient (Wildman–Crippen LogP) is 1.29. The number of rotatable bonds is 7. The lowest BCUT2D eigenvalue weighted by Crippen LogP contribution is -2.38. The second kappa shape index (κ2) is 9.68. The summed E-state index contributed by atoms with van der Waals surface area (Å²) in [5, 5.41) is 3.08. The monoisotopic (exact) mass is 264 g/mol. The fourth-order valence-corrected chi connectivity index (χ4v) is 2.19. The van der Waals surface area contributed by atoms with Crippen LogP contribution in [0.25, 0.3) is 0 Å². The van der Waals surface area contributed by atoms with Crippen molar-refractivity contribution in [3.05, 3.63) is 0 Å². The number of likely N-dealkylation sites (N-methyl/N-ethyl adjacent to an activating group) is 1. The maximum absolute atomic E-state index is 11.7. The minimum absolute atomic E-state index is 0. The number of hydrogen-bond acceptors (Lipinski definition) is 3. The molecular weight excluding hydrogens is 240 g/mol. The molecule has 0 aromatic rings. The van der Waals surface area contributed by atoms with Crippen LogP contribution < -0.4 is 5.32 Å². The molecule has 0 unspecified atom stereocenters. The average Bonchev–Trinajstić information content (AvgIpc) is 2.76. The third-order valence-corrected chi connectivity index (χ3v) is 3.19. The highest BCUT2D eigenvalue weighted by Crippen LogP contribution is 2.24. The van der Waals surface area contributed by atoms with Gasteiger partial charge in [0, 0.05) is 27.2 Å². The molecule has 17 heavy (non-hydrogen) atoms. The highest BCUT2D eigenvalue weighted by Gasteiger charge is 2.18. The number of amides is 1. The molecule has 0 bridgehead atoms. The van der Waals surface area contributed by atoms with Crippen LogP contribution in [0.1, 0.15) is 25.7 Å². The smallest absolute Gasteiger partial charge is 0.236 e. The van der Waals surface area contributed by atoms with E-state index >= 15 is 0 Å². The van der Waals surface area contributed by atoms with Gasteiger partial charge in [0.25, 0.3) is 0 Å². The van der Waals surface area contributed by atoms with Crippen LogP contribution in [0.3, 0.4) is 0 Å². The Balaban J connectivity index is 0.00000256. The number of carbonyl (C=O) groups is 1. The average molecular weight is 265 g/mol. The van der Waals surface area contributed by atoms with Gasteiger partial charge in [-0.1, -0.05) is 12.8 Å². The molecule has 0 heterocycles. The van der Waals surface area contributed by atoms with Gasteiger partial charge in [0.15, 0.2) is 0 Å². The summed E-state index contributed by atoms with van der Waals surface area (Å²) in [4.78, 5) is 13.6. The maximum Gasteiger partial charge on any atom is 0.236 e. The van der Waals surface area contributed by atoms with Crippen molar-refractivity contribution in [2.45, 2.75) is 25.7 Å². The standard InChI is InChI=1S/C12H24N2O2.ClH/c1-14(10-11-5-3-4-6-11)12(15)9-13-7-8-16-2;/h11,13H,3-10H2,1-2H3;1H. The van der Waals surface area contributed by atoms with Crippen LogP contribution in [-0.4, -0.2) is 51.2 Å². The van der Waals surface area contributed by atoms with Crippen molar-refractivity contribution in [1.82, 2.24) is 10.2 Å². The number of nitrogens with one attached hydrogen (secondary N) is 1. The van der Waals surface area contributed by atoms with Crippen molar-refractivity contribution in [3.8, 4) is 0 Å². The van der Waals surface area contributed by atoms with Crippen molar-refractivity contribution in [2.75, 3.05) is 40.4 Å². The lowest BCUT2D eigenvalue weighted by molar-refractivity contribution is -0.129. The second-order valence-electron chi connectivity index (χ2n) is 4.59. The first kappa shape index (κ1) is 16.7. The number of ether oxygens (including phenoxy) is 1. The Morgan fingerprint density at radius 2 is 2.06 bits per heavy atom. The van der Waals surface area contributed by atoms with Gasteiger partial charge in [0.1, 0.15) is 0 Å². The van der Waals surface area contributed by atoms with E-state index in [4.69, 9.17) is 4.74 Å². The molecule has 1 aliphatic carbocycles. The number of nitrogens with zero attached hydrogens (tertiary/aromatic N) is 1. The molecule has 0 saturated heterocycles. The summed E-state index contributed by atoms with van der Waals surface area (Å²) < 4.78 is 4.90. The molecule has 1 saturated carbocycles. The highest BCUT2D eigenvalue weighted by atomic mass is 35.5. The van der Waals surface area contributed by atoms with Crippen molar-refractivity contribution >= 4 is 18.3 Å². The van der Waals surface area contributed by atoms with Crippen LogP contribution in [0.5, 0.6) is 0 Å².